The van der Waals surface area contributed by atoms with E-state index in [1.165, 1.54) is 0 Å². The minimum Gasteiger partial charge on any atom is -0.497 e. The molecule has 4 heteroatoms. The summed E-state index contributed by atoms with van der Waals surface area (Å²) in [6.45, 7) is 0.852. The van der Waals surface area contributed by atoms with E-state index < -0.39 is 5.60 Å². The van der Waals surface area contributed by atoms with E-state index in [9.17, 15) is 0 Å². The molecule has 0 amide bonds. The van der Waals surface area contributed by atoms with E-state index in [1.54, 1.807) is 14.2 Å². The Labute approximate surface area is 185 Å². The van der Waals surface area contributed by atoms with Crippen LogP contribution in [0.4, 0.5) is 0 Å². The number of aliphatic hydroxyl groups excluding tert-OH is 1. The van der Waals surface area contributed by atoms with Gasteiger partial charge in [-0.3, -0.25) is 0 Å². The fraction of sp³-hybridized carbons (Fsp3) is 0.333. The first-order valence-corrected chi connectivity index (χ1v) is 10.8. The summed E-state index contributed by atoms with van der Waals surface area (Å²) < 4.78 is 17.5. The summed E-state index contributed by atoms with van der Waals surface area (Å²) in [5.74, 6) is 1.62. The van der Waals surface area contributed by atoms with Gasteiger partial charge in [0, 0.05) is 13.2 Å². The molecule has 0 radical (unpaired) electrons. The van der Waals surface area contributed by atoms with Gasteiger partial charge in [0.15, 0.2) is 0 Å². The highest BCUT2D eigenvalue weighted by Crippen LogP contribution is 2.41. The molecular formula is C27H32O4. The van der Waals surface area contributed by atoms with Gasteiger partial charge in [-0.05, 0) is 53.8 Å². The maximum atomic E-state index is 9.03. The molecule has 0 heterocycles. The Morgan fingerprint density at radius 2 is 1.10 bits per heavy atom. The molecule has 0 bridgehead atoms. The van der Waals surface area contributed by atoms with Gasteiger partial charge in [-0.15, -0.1) is 0 Å². The van der Waals surface area contributed by atoms with Crippen molar-refractivity contribution >= 4 is 0 Å². The van der Waals surface area contributed by atoms with Crippen LogP contribution < -0.4 is 9.47 Å². The van der Waals surface area contributed by atoms with Gasteiger partial charge in [-0.25, -0.2) is 0 Å². The smallest absolute Gasteiger partial charge is 0.143 e. The molecule has 0 aliphatic carbocycles. The number of benzene rings is 3. The van der Waals surface area contributed by atoms with Gasteiger partial charge in [0.05, 0.1) is 14.2 Å². The van der Waals surface area contributed by atoms with Gasteiger partial charge in [-0.1, -0.05) is 67.4 Å². The van der Waals surface area contributed by atoms with Crippen molar-refractivity contribution < 1.29 is 19.3 Å². The molecule has 3 rings (SSSR count). The third-order valence-corrected chi connectivity index (χ3v) is 5.54. The molecule has 0 aliphatic heterocycles. The predicted molar refractivity (Wildman–Crippen MR) is 124 cm³/mol. The van der Waals surface area contributed by atoms with Crippen LogP contribution in [0.25, 0.3) is 0 Å². The average Bonchev–Trinajstić information content (AvgIpc) is 2.85. The maximum absolute atomic E-state index is 9.03. The fourth-order valence-corrected chi connectivity index (χ4v) is 3.87. The molecule has 0 saturated carbocycles. The van der Waals surface area contributed by atoms with E-state index in [0.29, 0.717) is 6.61 Å². The van der Waals surface area contributed by atoms with Crippen LogP contribution in [0.1, 0.15) is 42.4 Å². The molecule has 31 heavy (non-hydrogen) atoms. The summed E-state index contributed by atoms with van der Waals surface area (Å²) in [5.41, 5.74) is 2.40. The highest BCUT2D eigenvalue weighted by Gasteiger charge is 2.37. The second kappa shape index (κ2) is 11.5. The van der Waals surface area contributed by atoms with Crippen LogP contribution in [0.5, 0.6) is 11.5 Å². The fourth-order valence-electron chi connectivity index (χ4n) is 3.87. The number of hydrogen-bond acceptors (Lipinski definition) is 4. The Bertz CT molecular complexity index is 841. The monoisotopic (exact) mass is 420 g/mol. The third-order valence-electron chi connectivity index (χ3n) is 5.54. The first-order chi connectivity index (χ1) is 15.2. The lowest BCUT2D eigenvalue weighted by Gasteiger charge is -2.36. The molecule has 4 nitrogen and oxygen atoms in total. The summed E-state index contributed by atoms with van der Waals surface area (Å²) in [6, 6.07) is 26.5. The summed E-state index contributed by atoms with van der Waals surface area (Å²) >= 11 is 0. The van der Waals surface area contributed by atoms with Gasteiger partial charge in [0.25, 0.3) is 0 Å². The second-order valence-corrected chi connectivity index (χ2v) is 7.49. The van der Waals surface area contributed by atoms with Crippen molar-refractivity contribution in [1.29, 1.82) is 0 Å². The SMILES string of the molecule is COc1ccc(C(OCCCCCCO)(c2ccccc2)c2ccc(OC)cc2)cc1. The molecule has 164 valence electrons. The molecule has 0 spiro atoms. The van der Waals surface area contributed by atoms with Crippen molar-refractivity contribution in [3.63, 3.8) is 0 Å². The number of unbranched alkanes of at least 4 members (excludes halogenated alkanes) is 3. The topological polar surface area (TPSA) is 47.9 Å². The summed E-state index contributed by atoms with van der Waals surface area (Å²) in [6.07, 6.45) is 3.79. The van der Waals surface area contributed by atoms with Crippen LogP contribution >= 0.6 is 0 Å². The van der Waals surface area contributed by atoms with E-state index in [4.69, 9.17) is 19.3 Å². The lowest BCUT2D eigenvalue weighted by molar-refractivity contribution is 0.0105. The van der Waals surface area contributed by atoms with Gasteiger partial charge >= 0.3 is 0 Å². The maximum Gasteiger partial charge on any atom is 0.143 e. The number of rotatable bonds is 12. The Kier molecular flexibility index (Phi) is 8.51. The van der Waals surface area contributed by atoms with Crippen LogP contribution in [-0.4, -0.2) is 32.5 Å². The lowest BCUT2D eigenvalue weighted by Crippen LogP contribution is -2.33. The molecule has 3 aromatic rings. The Morgan fingerprint density at radius 1 is 0.613 bits per heavy atom. The van der Waals surface area contributed by atoms with Crippen LogP contribution in [0.15, 0.2) is 78.9 Å². The summed E-state index contributed by atoms with van der Waals surface area (Å²) in [5, 5.41) is 9.03. The second-order valence-electron chi connectivity index (χ2n) is 7.49. The van der Waals surface area contributed by atoms with E-state index in [-0.39, 0.29) is 6.61 Å². The van der Waals surface area contributed by atoms with E-state index in [2.05, 4.69) is 36.4 Å². The standard InChI is InChI=1S/C27H32O4/c1-29-25-16-12-23(13-17-25)27(22-10-6-5-7-11-22,31-21-9-4-3-8-20-28)24-14-18-26(30-2)19-15-24/h5-7,10-19,28H,3-4,8-9,20-21H2,1-2H3. The number of ether oxygens (including phenoxy) is 3. The summed E-state index contributed by atoms with van der Waals surface area (Å²) in [7, 11) is 3.34. The Hall–Kier alpha value is -2.82. The van der Waals surface area contributed by atoms with Gasteiger partial charge < -0.3 is 19.3 Å². The molecule has 1 N–H and O–H groups in total. The largest absolute Gasteiger partial charge is 0.497 e. The summed E-state index contributed by atoms with van der Waals surface area (Å²) in [4.78, 5) is 0. The molecule has 3 aromatic carbocycles. The molecule has 0 saturated heterocycles. The third kappa shape index (κ3) is 5.46. The molecule has 0 aromatic heterocycles. The van der Waals surface area contributed by atoms with Crippen molar-refractivity contribution in [3.05, 3.63) is 95.6 Å². The number of aliphatic hydroxyl groups is 1. The lowest BCUT2D eigenvalue weighted by atomic mass is 9.80. The number of hydrogen-bond donors (Lipinski definition) is 1. The van der Waals surface area contributed by atoms with Crippen LogP contribution in [0.2, 0.25) is 0 Å². The molecule has 0 fully saturated rings. The predicted octanol–water partition coefficient (Wildman–Crippen LogP) is 5.57. The first kappa shape index (κ1) is 22.9. The normalized spacial score (nSPS) is 11.3. The first-order valence-electron chi connectivity index (χ1n) is 10.8. The number of methoxy groups -OCH3 is 2. The van der Waals surface area contributed by atoms with Crippen molar-refractivity contribution in [2.45, 2.75) is 31.3 Å². The minimum absolute atomic E-state index is 0.243. The van der Waals surface area contributed by atoms with E-state index >= 15 is 0 Å². The van der Waals surface area contributed by atoms with E-state index in [1.807, 2.05) is 42.5 Å². The zero-order valence-electron chi connectivity index (χ0n) is 18.4. The van der Waals surface area contributed by atoms with Crippen molar-refractivity contribution in [1.82, 2.24) is 0 Å². The molecular weight excluding hydrogens is 388 g/mol. The van der Waals surface area contributed by atoms with Crippen LogP contribution in [0.3, 0.4) is 0 Å². The molecule has 0 unspecified atom stereocenters. The van der Waals surface area contributed by atoms with Crippen molar-refractivity contribution in [2.24, 2.45) is 0 Å². The van der Waals surface area contributed by atoms with Crippen LogP contribution in [-0.2, 0) is 10.3 Å². The van der Waals surface area contributed by atoms with Crippen molar-refractivity contribution in [3.8, 4) is 11.5 Å². The molecule has 0 aliphatic rings. The zero-order valence-corrected chi connectivity index (χ0v) is 18.4. The zero-order chi connectivity index (χ0) is 21.9. The van der Waals surface area contributed by atoms with E-state index in [0.717, 1.165) is 53.9 Å². The van der Waals surface area contributed by atoms with Crippen LogP contribution in [0, 0.1) is 0 Å². The highest BCUT2D eigenvalue weighted by atomic mass is 16.5. The average molecular weight is 421 g/mol. The van der Waals surface area contributed by atoms with Gasteiger partial charge in [0.1, 0.15) is 17.1 Å². The van der Waals surface area contributed by atoms with Gasteiger partial charge in [0.2, 0.25) is 0 Å². The Balaban J connectivity index is 2.05. The van der Waals surface area contributed by atoms with Crippen molar-refractivity contribution in [2.75, 3.05) is 27.4 Å². The highest BCUT2D eigenvalue weighted by molar-refractivity contribution is 5.49. The molecule has 0 atom stereocenters. The quantitative estimate of drug-likeness (QED) is 0.308. The van der Waals surface area contributed by atoms with Gasteiger partial charge in [-0.2, -0.15) is 0 Å². The Morgan fingerprint density at radius 3 is 1.58 bits per heavy atom. The minimum atomic E-state index is -0.753.